The summed E-state index contributed by atoms with van der Waals surface area (Å²) in [7, 11) is 1.70. The summed E-state index contributed by atoms with van der Waals surface area (Å²) >= 11 is 3.47. The molecule has 1 N–H and O–H groups in total. The molecule has 0 saturated carbocycles. The molecule has 1 rings (SSSR count). The van der Waals surface area contributed by atoms with Crippen LogP contribution in [0.3, 0.4) is 0 Å². The molecule has 0 amide bonds. The van der Waals surface area contributed by atoms with E-state index >= 15 is 0 Å². The maximum atomic E-state index is 5.32. The Balaban J connectivity index is 2.67. The monoisotopic (exact) mass is 285 g/mol. The van der Waals surface area contributed by atoms with E-state index in [0.717, 1.165) is 15.9 Å². The van der Waals surface area contributed by atoms with Crippen LogP contribution in [0.5, 0.6) is 5.75 Å². The van der Waals surface area contributed by atoms with Crippen LogP contribution in [0.15, 0.2) is 22.7 Å². The average Bonchev–Trinajstić information content (AvgIpc) is 2.27. The van der Waals surface area contributed by atoms with E-state index in [1.54, 1.807) is 7.11 Å². The molecule has 1 aromatic rings. The van der Waals surface area contributed by atoms with E-state index in [-0.39, 0.29) is 0 Å². The summed E-state index contributed by atoms with van der Waals surface area (Å²) in [5, 5.41) is 3.48. The van der Waals surface area contributed by atoms with E-state index in [2.05, 4.69) is 41.2 Å². The van der Waals surface area contributed by atoms with E-state index in [9.17, 15) is 0 Å². The first kappa shape index (κ1) is 13.4. The lowest BCUT2D eigenvalue weighted by atomic mass is 10.1. The minimum Gasteiger partial charge on any atom is -0.495 e. The molecular formula is C13H20BrNO. The van der Waals surface area contributed by atoms with E-state index < -0.39 is 0 Å². The molecule has 0 aliphatic carbocycles. The molecule has 1 unspecified atom stereocenters. The Morgan fingerprint density at radius 3 is 2.81 bits per heavy atom. The van der Waals surface area contributed by atoms with Gasteiger partial charge < -0.3 is 10.1 Å². The van der Waals surface area contributed by atoms with Crippen molar-refractivity contribution in [1.82, 2.24) is 0 Å². The number of hydrogen-bond donors (Lipinski definition) is 1. The topological polar surface area (TPSA) is 21.3 Å². The molecule has 0 saturated heterocycles. The Kier molecular flexibility index (Phi) is 5.67. The van der Waals surface area contributed by atoms with E-state index in [0.29, 0.717) is 6.04 Å². The molecule has 3 heteroatoms. The molecule has 0 aromatic heterocycles. The summed E-state index contributed by atoms with van der Waals surface area (Å²) in [5.74, 6) is 0.895. The van der Waals surface area contributed by atoms with Crippen molar-refractivity contribution < 1.29 is 4.74 Å². The van der Waals surface area contributed by atoms with Crippen LogP contribution in [-0.2, 0) is 0 Å². The van der Waals surface area contributed by atoms with Crippen molar-refractivity contribution in [2.75, 3.05) is 12.4 Å². The SMILES string of the molecule is CCCCC(C)Nc1cc(Br)ccc1OC. The van der Waals surface area contributed by atoms with Gasteiger partial charge in [0.15, 0.2) is 0 Å². The van der Waals surface area contributed by atoms with Gasteiger partial charge in [0.25, 0.3) is 0 Å². The standard InChI is InChI=1S/C13H20BrNO/c1-4-5-6-10(2)15-12-9-11(14)7-8-13(12)16-3/h7-10,15H,4-6H2,1-3H3. The minimum atomic E-state index is 0.475. The molecule has 0 aliphatic rings. The number of methoxy groups -OCH3 is 1. The lowest BCUT2D eigenvalue weighted by molar-refractivity contribution is 0.415. The lowest BCUT2D eigenvalue weighted by Gasteiger charge is -2.17. The van der Waals surface area contributed by atoms with Crippen molar-refractivity contribution in [2.45, 2.75) is 39.2 Å². The molecule has 0 radical (unpaired) electrons. The molecule has 1 atom stereocenters. The molecule has 0 aliphatic heterocycles. The van der Waals surface area contributed by atoms with Gasteiger partial charge in [-0.2, -0.15) is 0 Å². The Labute approximate surface area is 107 Å². The number of hydrogen-bond acceptors (Lipinski definition) is 2. The number of ether oxygens (including phenoxy) is 1. The molecule has 0 bridgehead atoms. The average molecular weight is 286 g/mol. The van der Waals surface area contributed by atoms with Crippen molar-refractivity contribution >= 4 is 21.6 Å². The predicted octanol–water partition coefficient (Wildman–Crippen LogP) is 4.45. The number of nitrogens with one attached hydrogen (secondary N) is 1. The number of unbranched alkanes of at least 4 members (excludes halogenated alkanes) is 1. The third-order valence-electron chi connectivity index (χ3n) is 2.55. The fourth-order valence-electron chi connectivity index (χ4n) is 1.64. The Hall–Kier alpha value is -0.700. The van der Waals surface area contributed by atoms with Gasteiger partial charge in [-0.1, -0.05) is 35.7 Å². The van der Waals surface area contributed by atoms with E-state index in [1.807, 2.05) is 12.1 Å². The highest BCUT2D eigenvalue weighted by atomic mass is 79.9. The van der Waals surface area contributed by atoms with Gasteiger partial charge >= 0.3 is 0 Å². The molecule has 0 spiro atoms. The summed E-state index contributed by atoms with van der Waals surface area (Å²) in [4.78, 5) is 0. The number of halogens is 1. The highest BCUT2D eigenvalue weighted by Gasteiger charge is 2.07. The Morgan fingerprint density at radius 2 is 2.19 bits per heavy atom. The zero-order valence-electron chi connectivity index (χ0n) is 10.2. The van der Waals surface area contributed by atoms with Gasteiger partial charge in [0.05, 0.1) is 12.8 Å². The first-order valence-electron chi connectivity index (χ1n) is 5.77. The largest absolute Gasteiger partial charge is 0.495 e. The summed E-state index contributed by atoms with van der Waals surface area (Å²) < 4.78 is 6.39. The smallest absolute Gasteiger partial charge is 0.142 e. The highest BCUT2D eigenvalue weighted by molar-refractivity contribution is 9.10. The van der Waals surface area contributed by atoms with Gasteiger partial charge in [0.1, 0.15) is 5.75 Å². The molecule has 90 valence electrons. The second-order valence-corrected chi connectivity index (χ2v) is 4.95. The second kappa shape index (κ2) is 6.79. The van der Waals surface area contributed by atoms with Crippen LogP contribution >= 0.6 is 15.9 Å². The summed E-state index contributed by atoms with van der Waals surface area (Å²) in [6, 6.07) is 6.49. The fourth-order valence-corrected chi connectivity index (χ4v) is 2.00. The van der Waals surface area contributed by atoms with Crippen LogP contribution < -0.4 is 10.1 Å². The third-order valence-corrected chi connectivity index (χ3v) is 3.05. The van der Waals surface area contributed by atoms with Crippen molar-refractivity contribution in [2.24, 2.45) is 0 Å². The van der Waals surface area contributed by atoms with Crippen LogP contribution in [0.25, 0.3) is 0 Å². The third kappa shape index (κ3) is 4.05. The highest BCUT2D eigenvalue weighted by Crippen LogP contribution is 2.28. The van der Waals surface area contributed by atoms with Gasteiger partial charge in [-0.15, -0.1) is 0 Å². The van der Waals surface area contributed by atoms with Crippen LogP contribution in [0.4, 0.5) is 5.69 Å². The second-order valence-electron chi connectivity index (χ2n) is 4.03. The zero-order chi connectivity index (χ0) is 12.0. The molecule has 0 fully saturated rings. The van der Waals surface area contributed by atoms with Crippen LogP contribution in [0.1, 0.15) is 33.1 Å². The molecule has 1 aromatic carbocycles. The van der Waals surface area contributed by atoms with E-state index in [1.165, 1.54) is 19.3 Å². The fraction of sp³-hybridized carbons (Fsp3) is 0.538. The van der Waals surface area contributed by atoms with Gasteiger partial charge in [-0.05, 0) is 31.5 Å². The Bertz CT molecular complexity index is 328. The van der Waals surface area contributed by atoms with Gasteiger partial charge in [0.2, 0.25) is 0 Å². The van der Waals surface area contributed by atoms with Crippen LogP contribution in [-0.4, -0.2) is 13.2 Å². The van der Waals surface area contributed by atoms with Gasteiger partial charge in [0, 0.05) is 10.5 Å². The number of anilines is 1. The maximum Gasteiger partial charge on any atom is 0.142 e. The molecule has 16 heavy (non-hydrogen) atoms. The normalized spacial score (nSPS) is 12.2. The minimum absolute atomic E-state index is 0.475. The molecular weight excluding hydrogens is 266 g/mol. The van der Waals surface area contributed by atoms with Gasteiger partial charge in [-0.25, -0.2) is 0 Å². The van der Waals surface area contributed by atoms with Crippen molar-refractivity contribution in [3.63, 3.8) is 0 Å². The lowest BCUT2D eigenvalue weighted by Crippen LogP contribution is -2.15. The first-order valence-corrected chi connectivity index (χ1v) is 6.56. The zero-order valence-corrected chi connectivity index (χ0v) is 11.8. The summed E-state index contributed by atoms with van der Waals surface area (Å²) in [5.41, 5.74) is 1.06. The van der Waals surface area contributed by atoms with Crippen LogP contribution in [0.2, 0.25) is 0 Å². The Morgan fingerprint density at radius 1 is 1.44 bits per heavy atom. The van der Waals surface area contributed by atoms with Crippen molar-refractivity contribution in [1.29, 1.82) is 0 Å². The quantitative estimate of drug-likeness (QED) is 0.834. The summed E-state index contributed by atoms with van der Waals surface area (Å²) in [6.07, 6.45) is 3.68. The van der Waals surface area contributed by atoms with Crippen LogP contribution in [0, 0.1) is 0 Å². The van der Waals surface area contributed by atoms with Crippen molar-refractivity contribution in [3.05, 3.63) is 22.7 Å². The summed E-state index contributed by atoms with van der Waals surface area (Å²) in [6.45, 7) is 4.42. The van der Waals surface area contributed by atoms with Crippen molar-refractivity contribution in [3.8, 4) is 5.75 Å². The predicted molar refractivity (Wildman–Crippen MR) is 73.3 cm³/mol. The van der Waals surface area contributed by atoms with E-state index in [4.69, 9.17) is 4.74 Å². The number of benzene rings is 1. The number of rotatable bonds is 6. The molecule has 2 nitrogen and oxygen atoms in total. The van der Waals surface area contributed by atoms with Gasteiger partial charge in [-0.3, -0.25) is 0 Å². The maximum absolute atomic E-state index is 5.32. The first-order chi connectivity index (χ1) is 7.67. The molecule has 0 heterocycles.